The molecule has 1 unspecified atom stereocenters. The van der Waals surface area contributed by atoms with E-state index in [1.165, 1.54) is 0 Å². The quantitative estimate of drug-likeness (QED) is 0.432. The Labute approximate surface area is 177 Å². The van der Waals surface area contributed by atoms with Crippen molar-refractivity contribution in [3.63, 3.8) is 0 Å². The minimum atomic E-state index is -3.43. The van der Waals surface area contributed by atoms with Crippen molar-refractivity contribution < 1.29 is 44.3 Å². The van der Waals surface area contributed by atoms with Crippen molar-refractivity contribution in [2.75, 3.05) is 0 Å². The second-order valence-corrected chi connectivity index (χ2v) is 8.40. The molecule has 1 heterocycles. The van der Waals surface area contributed by atoms with Crippen LogP contribution < -0.4 is 0 Å². The summed E-state index contributed by atoms with van der Waals surface area (Å²) in [5, 5.41) is 43.6. The maximum atomic E-state index is 12.6. The smallest absolute Gasteiger partial charge is 0.201 e. The van der Waals surface area contributed by atoms with Gasteiger partial charge in [-0.15, -0.1) is 0 Å². The van der Waals surface area contributed by atoms with Crippen LogP contribution in [0.2, 0.25) is 0 Å². The highest BCUT2D eigenvalue weighted by Gasteiger charge is 2.79. The predicted octanol–water partition coefficient (Wildman–Crippen LogP) is -0.586. The molecule has 1 fully saturated rings. The zero-order valence-corrected chi connectivity index (χ0v) is 17.7. The van der Waals surface area contributed by atoms with E-state index >= 15 is 0 Å². The maximum Gasteiger partial charge on any atom is 0.201 e. The van der Waals surface area contributed by atoms with Gasteiger partial charge in [0.15, 0.2) is 40.4 Å². The molecule has 0 bridgehead atoms. The molecule has 1 aromatic carbocycles. The molecular weight excluding hydrogens is 416 g/mol. The molecular formula is C20H24O9S. The van der Waals surface area contributed by atoms with E-state index in [1.54, 1.807) is 30.3 Å². The SMILES string of the molecule is CC(=O)[C@]1(O)[C@@](O)(C(C)=O)[C@@H](C(=O)C(C)O)O[C@@H](Sc2ccccc2)[C@@]1(O)C(C)=O. The van der Waals surface area contributed by atoms with Crippen LogP contribution in [0.1, 0.15) is 27.7 Å². The van der Waals surface area contributed by atoms with Crippen molar-refractivity contribution >= 4 is 34.9 Å². The first-order valence-corrected chi connectivity index (χ1v) is 9.93. The van der Waals surface area contributed by atoms with Crippen molar-refractivity contribution in [3.05, 3.63) is 30.3 Å². The molecule has 10 heteroatoms. The average Bonchev–Trinajstić information content (AvgIpc) is 2.67. The van der Waals surface area contributed by atoms with Crippen molar-refractivity contribution in [3.8, 4) is 0 Å². The number of aliphatic hydroxyl groups is 4. The number of ketones is 4. The van der Waals surface area contributed by atoms with Gasteiger partial charge in [-0.25, -0.2) is 0 Å². The number of Topliss-reactive ketones (excluding diaryl/α,β-unsaturated/α-hetero) is 4. The fourth-order valence-corrected chi connectivity index (χ4v) is 4.83. The van der Waals surface area contributed by atoms with Crippen LogP contribution in [0, 0.1) is 0 Å². The Bertz CT molecular complexity index is 870. The van der Waals surface area contributed by atoms with Crippen LogP contribution in [-0.2, 0) is 23.9 Å². The lowest BCUT2D eigenvalue weighted by Gasteiger charge is -2.57. The summed E-state index contributed by atoms with van der Waals surface area (Å²) in [5.41, 5.74) is -11.6. The van der Waals surface area contributed by atoms with Gasteiger partial charge in [0.25, 0.3) is 0 Å². The first-order chi connectivity index (χ1) is 13.8. The van der Waals surface area contributed by atoms with Crippen LogP contribution in [0.4, 0.5) is 0 Å². The number of ether oxygens (including phenoxy) is 1. The molecule has 0 radical (unpaired) electrons. The van der Waals surface area contributed by atoms with Gasteiger partial charge in [0.05, 0.1) is 0 Å². The van der Waals surface area contributed by atoms with Crippen molar-refractivity contribution in [1.29, 1.82) is 0 Å². The zero-order chi connectivity index (χ0) is 23.1. The van der Waals surface area contributed by atoms with Gasteiger partial charge in [0.1, 0.15) is 11.5 Å². The summed E-state index contributed by atoms with van der Waals surface area (Å²) in [6.07, 6.45) is -3.98. The molecule has 0 spiro atoms. The van der Waals surface area contributed by atoms with Gasteiger partial charge in [-0.05, 0) is 39.8 Å². The second-order valence-electron chi connectivity index (χ2n) is 7.27. The molecule has 1 aliphatic rings. The largest absolute Gasteiger partial charge is 0.386 e. The summed E-state index contributed by atoms with van der Waals surface area (Å²) in [7, 11) is 0. The highest BCUT2D eigenvalue weighted by atomic mass is 32.2. The predicted molar refractivity (Wildman–Crippen MR) is 105 cm³/mol. The van der Waals surface area contributed by atoms with E-state index in [0.717, 1.165) is 27.7 Å². The Morgan fingerprint density at radius 2 is 1.43 bits per heavy atom. The van der Waals surface area contributed by atoms with Crippen LogP contribution >= 0.6 is 11.8 Å². The highest BCUT2D eigenvalue weighted by Crippen LogP contribution is 2.51. The van der Waals surface area contributed by atoms with E-state index in [9.17, 15) is 39.6 Å². The van der Waals surface area contributed by atoms with Crippen LogP contribution in [0.3, 0.4) is 0 Å². The van der Waals surface area contributed by atoms with E-state index in [-0.39, 0.29) is 0 Å². The molecule has 1 saturated heterocycles. The van der Waals surface area contributed by atoms with Crippen molar-refractivity contribution in [2.45, 2.75) is 67.0 Å². The normalized spacial score (nSPS) is 34.8. The molecule has 2 rings (SSSR count). The molecule has 30 heavy (non-hydrogen) atoms. The number of hydrogen-bond donors (Lipinski definition) is 4. The van der Waals surface area contributed by atoms with Crippen molar-refractivity contribution in [1.82, 2.24) is 0 Å². The number of carbonyl (C=O) groups is 4. The molecule has 1 aromatic rings. The molecule has 0 amide bonds. The number of benzene rings is 1. The molecule has 6 atom stereocenters. The standard InChI is InChI=1S/C20H24O9S/c1-10(21)15(25)16-18(26,11(2)22)20(28,13(4)24)19(27,12(3)23)17(29-16)30-14-8-6-5-7-9-14/h5-10,16-17,21,26-28H,1-4H3/t10?,16-,17+,18-,19+,20+/m1/s1. The average molecular weight is 440 g/mol. The first-order valence-electron chi connectivity index (χ1n) is 9.05. The Kier molecular flexibility index (Phi) is 6.72. The summed E-state index contributed by atoms with van der Waals surface area (Å²) in [5.74, 6) is -5.02. The van der Waals surface area contributed by atoms with E-state index < -0.39 is 57.6 Å². The van der Waals surface area contributed by atoms with E-state index in [1.807, 2.05) is 0 Å². The van der Waals surface area contributed by atoms with Crippen LogP contribution in [0.15, 0.2) is 35.2 Å². The van der Waals surface area contributed by atoms with Gasteiger partial charge < -0.3 is 25.2 Å². The topological polar surface area (TPSA) is 158 Å². The summed E-state index contributed by atoms with van der Waals surface area (Å²) >= 11 is 0.703. The molecule has 0 aromatic heterocycles. The number of rotatable bonds is 7. The highest BCUT2D eigenvalue weighted by molar-refractivity contribution is 8.00. The monoisotopic (exact) mass is 440 g/mol. The Morgan fingerprint density at radius 1 is 0.933 bits per heavy atom. The van der Waals surface area contributed by atoms with Crippen LogP contribution in [0.5, 0.6) is 0 Å². The van der Waals surface area contributed by atoms with E-state index in [4.69, 9.17) is 4.74 Å². The third-order valence-corrected chi connectivity index (χ3v) is 6.53. The van der Waals surface area contributed by atoms with Crippen molar-refractivity contribution in [2.24, 2.45) is 0 Å². The molecule has 1 aliphatic heterocycles. The third kappa shape index (κ3) is 3.33. The number of thioether (sulfide) groups is 1. The zero-order valence-electron chi connectivity index (χ0n) is 16.9. The van der Waals surface area contributed by atoms with Gasteiger partial charge >= 0.3 is 0 Å². The second kappa shape index (κ2) is 8.29. The molecule has 0 aliphatic carbocycles. The molecule has 164 valence electrons. The molecule has 0 saturated carbocycles. The van der Waals surface area contributed by atoms with Gasteiger partial charge in [-0.3, -0.25) is 19.2 Å². The third-order valence-electron chi connectivity index (χ3n) is 5.32. The minimum absolute atomic E-state index is 0.435. The molecule has 4 N–H and O–H groups in total. The maximum absolute atomic E-state index is 12.6. The number of carbonyl (C=O) groups excluding carboxylic acids is 4. The Balaban J connectivity index is 2.82. The Morgan fingerprint density at radius 3 is 1.83 bits per heavy atom. The summed E-state index contributed by atoms with van der Waals surface area (Å²) in [4.78, 5) is 50.6. The fraction of sp³-hybridized carbons (Fsp3) is 0.500. The number of hydrogen-bond acceptors (Lipinski definition) is 10. The van der Waals surface area contributed by atoms with Gasteiger partial charge in [-0.1, -0.05) is 30.0 Å². The van der Waals surface area contributed by atoms with Gasteiger partial charge in [0.2, 0.25) is 5.60 Å². The van der Waals surface area contributed by atoms with Crippen LogP contribution in [0.25, 0.3) is 0 Å². The lowest BCUT2D eigenvalue weighted by atomic mass is 9.60. The summed E-state index contributed by atoms with van der Waals surface area (Å²) in [6, 6.07) is 8.14. The Hall–Kier alpha value is -1.95. The fourth-order valence-electron chi connectivity index (χ4n) is 3.60. The van der Waals surface area contributed by atoms with Gasteiger partial charge in [0, 0.05) is 4.90 Å². The van der Waals surface area contributed by atoms with Gasteiger partial charge in [-0.2, -0.15) is 0 Å². The lowest BCUT2D eigenvalue weighted by molar-refractivity contribution is -0.297. The summed E-state index contributed by atoms with van der Waals surface area (Å²) in [6.45, 7) is 3.43. The summed E-state index contributed by atoms with van der Waals surface area (Å²) < 4.78 is 5.51. The van der Waals surface area contributed by atoms with E-state index in [0.29, 0.717) is 16.7 Å². The van der Waals surface area contributed by atoms with E-state index in [2.05, 4.69) is 0 Å². The number of aliphatic hydroxyl groups excluding tert-OH is 1. The minimum Gasteiger partial charge on any atom is -0.386 e. The first kappa shape index (κ1) is 24.3. The molecule has 9 nitrogen and oxygen atoms in total. The lowest BCUT2D eigenvalue weighted by Crippen LogP contribution is -2.86. The van der Waals surface area contributed by atoms with Crippen LogP contribution in [-0.4, -0.2) is 78.0 Å².